The van der Waals surface area contributed by atoms with Gasteiger partial charge in [-0.3, -0.25) is 9.59 Å². The van der Waals surface area contributed by atoms with Crippen molar-refractivity contribution in [2.45, 2.75) is 51.9 Å². The third-order valence-corrected chi connectivity index (χ3v) is 3.11. The van der Waals surface area contributed by atoms with E-state index in [2.05, 4.69) is 5.32 Å². The molecular weight excluding hydrogens is 261 g/mol. The topological polar surface area (TPSA) is 49.4 Å². The maximum absolute atomic E-state index is 12.1. The van der Waals surface area contributed by atoms with Crippen molar-refractivity contribution in [1.82, 2.24) is 10.2 Å². The molecule has 1 aliphatic rings. The molecule has 110 valence electrons. The van der Waals surface area contributed by atoms with Gasteiger partial charge in [0.2, 0.25) is 11.8 Å². The zero-order chi connectivity index (χ0) is 14.8. The van der Waals surface area contributed by atoms with Crippen LogP contribution < -0.4 is 5.32 Å². The van der Waals surface area contributed by atoms with Crippen molar-refractivity contribution in [3.63, 3.8) is 0 Å². The molecule has 2 unspecified atom stereocenters. The average molecular weight is 280 g/mol. The van der Waals surface area contributed by atoms with Crippen molar-refractivity contribution in [2.75, 3.05) is 6.54 Å². The minimum atomic E-state index is -4.24. The number of nitrogens with one attached hydrogen (secondary N) is 1. The second kappa shape index (κ2) is 5.79. The Kier molecular flexibility index (Phi) is 4.81. The largest absolute Gasteiger partial charge is 0.389 e. The summed E-state index contributed by atoms with van der Waals surface area (Å²) in [4.78, 5) is 25.1. The molecule has 2 atom stereocenters. The van der Waals surface area contributed by atoms with Crippen LogP contribution in [0.25, 0.3) is 0 Å². The third kappa shape index (κ3) is 4.11. The molecular formula is C12H19F3N2O2. The lowest BCUT2D eigenvalue weighted by Gasteiger charge is -2.40. The minimum absolute atomic E-state index is 0.0427. The monoisotopic (exact) mass is 280 g/mol. The van der Waals surface area contributed by atoms with Crippen molar-refractivity contribution in [3.8, 4) is 0 Å². The maximum atomic E-state index is 12.1. The fourth-order valence-corrected chi connectivity index (χ4v) is 2.25. The van der Waals surface area contributed by atoms with Crippen LogP contribution in [-0.4, -0.2) is 41.5 Å². The number of amides is 2. The highest BCUT2D eigenvalue weighted by atomic mass is 19.4. The molecule has 1 rings (SSSR count). The van der Waals surface area contributed by atoms with Crippen molar-refractivity contribution in [1.29, 1.82) is 0 Å². The zero-order valence-corrected chi connectivity index (χ0v) is 11.3. The van der Waals surface area contributed by atoms with E-state index in [0.29, 0.717) is 0 Å². The molecule has 1 N–H and O–H groups in total. The standard InChI is InChI=1S/C12H19F3N2O2/c1-7(2)9-10(18)16-8(3)11(19)17(9)6-4-5-12(13,14)15/h7-9H,4-6H2,1-3H3,(H,16,18). The molecule has 7 heteroatoms. The quantitative estimate of drug-likeness (QED) is 0.852. The second-order valence-corrected chi connectivity index (χ2v) is 5.17. The highest BCUT2D eigenvalue weighted by Crippen LogP contribution is 2.23. The van der Waals surface area contributed by atoms with Gasteiger partial charge < -0.3 is 10.2 Å². The molecule has 2 amide bonds. The Bertz CT molecular complexity index is 355. The third-order valence-electron chi connectivity index (χ3n) is 3.11. The number of carbonyl (C=O) groups is 2. The summed E-state index contributed by atoms with van der Waals surface area (Å²) in [6, 6.07) is -1.36. The molecule has 0 spiro atoms. The first-order valence-electron chi connectivity index (χ1n) is 6.31. The first-order chi connectivity index (χ1) is 8.63. The van der Waals surface area contributed by atoms with Crippen LogP contribution >= 0.6 is 0 Å². The number of carbonyl (C=O) groups excluding carboxylic acids is 2. The summed E-state index contributed by atoms with van der Waals surface area (Å²) in [7, 11) is 0. The van der Waals surface area contributed by atoms with Gasteiger partial charge in [0.25, 0.3) is 0 Å². The molecule has 0 aromatic heterocycles. The van der Waals surface area contributed by atoms with Crippen LogP contribution in [0, 0.1) is 5.92 Å². The predicted octanol–water partition coefficient (Wildman–Crippen LogP) is 1.70. The van der Waals surface area contributed by atoms with Crippen LogP contribution in [0.3, 0.4) is 0 Å². The lowest BCUT2D eigenvalue weighted by Crippen LogP contribution is -2.64. The van der Waals surface area contributed by atoms with Crippen LogP contribution in [-0.2, 0) is 9.59 Å². The van der Waals surface area contributed by atoms with Crippen LogP contribution in [0.15, 0.2) is 0 Å². The molecule has 0 aromatic carbocycles. The van der Waals surface area contributed by atoms with Gasteiger partial charge in [0.05, 0.1) is 0 Å². The predicted molar refractivity (Wildman–Crippen MR) is 63.2 cm³/mol. The zero-order valence-electron chi connectivity index (χ0n) is 11.3. The number of hydrogen-bond donors (Lipinski definition) is 1. The highest BCUT2D eigenvalue weighted by molar-refractivity contribution is 5.96. The summed E-state index contributed by atoms with van der Waals surface area (Å²) >= 11 is 0. The lowest BCUT2D eigenvalue weighted by molar-refractivity contribution is -0.153. The summed E-state index contributed by atoms with van der Waals surface area (Å²) in [6.45, 7) is 5.03. The Hall–Kier alpha value is -1.27. The molecule has 0 radical (unpaired) electrons. The normalized spacial score (nSPS) is 24.9. The number of halogens is 3. The first-order valence-corrected chi connectivity index (χ1v) is 6.31. The van der Waals surface area contributed by atoms with Crippen LogP contribution in [0.4, 0.5) is 13.2 Å². The van der Waals surface area contributed by atoms with Crippen LogP contribution in [0.2, 0.25) is 0 Å². The van der Waals surface area contributed by atoms with E-state index in [1.807, 2.05) is 0 Å². The van der Waals surface area contributed by atoms with Crippen molar-refractivity contribution >= 4 is 11.8 Å². The van der Waals surface area contributed by atoms with Gasteiger partial charge in [-0.2, -0.15) is 13.2 Å². The van der Waals surface area contributed by atoms with Crippen LogP contribution in [0.1, 0.15) is 33.6 Å². The summed E-state index contributed by atoms with van der Waals surface area (Å²) < 4.78 is 36.4. The Morgan fingerprint density at radius 1 is 1.32 bits per heavy atom. The molecule has 1 fully saturated rings. The van der Waals surface area contributed by atoms with Gasteiger partial charge in [-0.05, 0) is 19.3 Å². The molecule has 0 aliphatic carbocycles. The van der Waals surface area contributed by atoms with E-state index in [4.69, 9.17) is 0 Å². The summed E-state index contributed by atoms with van der Waals surface area (Å²) in [6.07, 6.45) is -5.36. The number of nitrogens with zero attached hydrogens (tertiary/aromatic N) is 1. The Morgan fingerprint density at radius 2 is 1.89 bits per heavy atom. The number of rotatable bonds is 4. The Morgan fingerprint density at radius 3 is 2.37 bits per heavy atom. The van der Waals surface area contributed by atoms with E-state index in [-0.39, 0.29) is 30.7 Å². The van der Waals surface area contributed by atoms with E-state index in [9.17, 15) is 22.8 Å². The molecule has 4 nitrogen and oxygen atoms in total. The number of piperazine rings is 1. The molecule has 1 heterocycles. The summed E-state index contributed by atoms with van der Waals surface area (Å²) in [5, 5.41) is 2.54. The molecule has 0 saturated carbocycles. The van der Waals surface area contributed by atoms with Gasteiger partial charge in [0.15, 0.2) is 0 Å². The van der Waals surface area contributed by atoms with Gasteiger partial charge in [0, 0.05) is 13.0 Å². The molecule has 1 saturated heterocycles. The highest BCUT2D eigenvalue weighted by Gasteiger charge is 2.40. The molecule has 19 heavy (non-hydrogen) atoms. The van der Waals surface area contributed by atoms with Gasteiger partial charge in [-0.1, -0.05) is 13.8 Å². The van der Waals surface area contributed by atoms with E-state index in [1.165, 1.54) is 11.8 Å². The van der Waals surface area contributed by atoms with E-state index < -0.39 is 24.7 Å². The average Bonchev–Trinajstić information content (AvgIpc) is 2.22. The van der Waals surface area contributed by atoms with E-state index in [0.717, 1.165) is 0 Å². The van der Waals surface area contributed by atoms with E-state index >= 15 is 0 Å². The van der Waals surface area contributed by atoms with Gasteiger partial charge in [0.1, 0.15) is 12.1 Å². The van der Waals surface area contributed by atoms with Gasteiger partial charge >= 0.3 is 6.18 Å². The second-order valence-electron chi connectivity index (χ2n) is 5.17. The summed E-state index contributed by atoms with van der Waals surface area (Å²) in [5.74, 6) is -0.753. The van der Waals surface area contributed by atoms with Gasteiger partial charge in [-0.25, -0.2) is 0 Å². The Labute approximate surface area is 110 Å². The smallest absolute Gasteiger partial charge is 0.343 e. The fraction of sp³-hybridized carbons (Fsp3) is 0.833. The van der Waals surface area contributed by atoms with Crippen molar-refractivity contribution < 1.29 is 22.8 Å². The van der Waals surface area contributed by atoms with Gasteiger partial charge in [-0.15, -0.1) is 0 Å². The molecule has 1 aliphatic heterocycles. The van der Waals surface area contributed by atoms with Crippen LogP contribution in [0.5, 0.6) is 0 Å². The first kappa shape index (κ1) is 15.8. The molecule has 0 aromatic rings. The van der Waals surface area contributed by atoms with Crippen molar-refractivity contribution in [2.24, 2.45) is 5.92 Å². The summed E-state index contributed by atoms with van der Waals surface area (Å²) in [5.41, 5.74) is 0. The number of hydrogen-bond acceptors (Lipinski definition) is 2. The SMILES string of the molecule is CC1NC(=O)C(C(C)C)N(CCCC(F)(F)F)C1=O. The molecule has 0 bridgehead atoms. The fourth-order valence-electron chi connectivity index (χ4n) is 2.25. The minimum Gasteiger partial charge on any atom is -0.343 e. The number of alkyl halides is 3. The van der Waals surface area contributed by atoms with Crippen molar-refractivity contribution in [3.05, 3.63) is 0 Å². The maximum Gasteiger partial charge on any atom is 0.389 e. The lowest BCUT2D eigenvalue weighted by atomic mass is 9.97. The Balaban J connectivity index is 2.73. The van der Waals surface area contributed by atoms with E-state index in [1.54, 1.807) is 13.8 Å².